The number of rotatable bonds is 5. The number of anilines is 1. The zero-order valence-electron chi connectivity index (χ0n) is 13.4. The van der Waals surface area contributed by atoms with E-state index in [4.69, 9.17) is 23.2 Å². The lowest BCUT2D eigenvalue weighted by atomic mass is 10.0. The summed E-state index contributed by atoms with van der Waals surface area (Å²) in [5, 5.41) is 4.24. The van der Waals surface area contributed by atoms with Crippen LogP contribution in [0.3, 0.4) is 0 Å². The highest BCUT2D eigenvalue weighted by Crippen LogP contribution is 2.26. The van der Waals surface area contributed by atoms with Crippen LogP contribution in [0.1, 0.15) is 17.5 Å². The number of fused-ring (bicyclic) bond motifs is 1. The Morgan fingerprint density at radius 2 is 2.00 bits per heavy atom. The van der Waals surface area contributed by atoms with Gasteiger partial charge in [0.05, 0.1) is 6.54 Å². The molecule has 3 rings (SSSR count). The molecule has 1 heterocycles. The van der Waals surface area contributed by atoms with Gasteiger partial charge in [-0.2, -0.15) is 0 Å². The Morgan fingerprint density at radius 3 is 2.83 bits per heavy atom. The topological polar surface area (TPSA) is 32.3 Å². The lowest BCUT2D eigenvalue weighted by molar-refractivity contribution is -0.119. The first kappa shape index (κ1) is 17.1. The molecule has 0 saturated carbocycles. The maximum absolute atomic E-state index is 12.2. The normalized spacial score (nSPS) is 13.5. The van der Waals surface area contributed by atoms with Crippen molar-refractivity contribution in [2.75, 3.05) is 24.5 Å². The first-order valence-electron chi connectivity index (χ1n) is 8.17. The summed E-state index contributed by atoms with van der Waals surface area (Å²) in [4.78, 5) is 14.4. The standard InChI is InChI=1S/C19H20Cl2N2O/c20-16-8-7-14(17(21)12-16)9-10-22-19(24)13-23-11-3-5-15-4-1-2-6-18(15)23/h1-2,4,6-8,12H,3,5,9-11,13H2,(H,22,24). The van der Waals surface area contributed by atoms with Crippen molar-refractivity contribution >= 4 is 34.8 Å². The number of aryl methyl sites for hydroxylation is 1. The summed E-state index contributed by atoms with van der Waals surface area (Å²) in [6, 6.07) is 13.8. The number of nitrogens with one attached hydrogen (secondary N) is 1. The van der Waals surface area contributed by atoms with Gasteiger partial charge in [-0.15, -0.1) is 0 Å². The third-order valence-electron chi connectivity index (χ3n) is 4.27. The smallest absolute Gasteiger partial charge is 0.239 e. The maximum atomic E-state index is 12.2. The lowest BCUT2D eigenvalue weighted by Gasteiger charge is -2.30. The van der Waals surface area contributed by atoms with Crippen LogP contribution in [0.5, 0.6) is 0 Å². The van der Waals surface area contributed by atoms with Gasteiger partial charge in [-0.3, -0.25) is 4.79 Å². The minimum Gasteiger partial charge on any atom is -0.362 e. The van der Waals surface area contributed by atoms with Crippen LogP contribution in [0.15, 0.2) is 42.5 Å². The Hall–Kier alpha value is -1.71. The van der Waals surface area contributed by atoms with E-state index in [9.17, 15) is 4.79 Å². The molecule has 0 atom stereocenters. The van der Waals surface area contributed by atoms with Crippen molar-refractivity contribution in [3.05, 3.63) is 63.6 Å². The largest absolute Gasteiger partial charge is 0.362 e. The molecule has 0 aromatic heterocycles. The van der Waals surface area contributed by atoms with Crippen LogP contribution in [0.25, 0.3) is 0 Å². The Morgan fingerprint density at radius 1 is 1.17 bits per heavy atom. The molecule has 1 aliphatic heterocycles. The summed E-state index contributed by atoms with van der Waals surface area (Å²) in [5.74, 6) is 0.0387. The lowest BCUT2D eigenvalue weighted by Crippen LogP contribution is -2.40. The van der Waals surface area contributed by atoms with Gasteiger partial charge in [-0.05, 0) is 48.6 Å². The van der Waals surface area contributed by atoms with Gasteiger partial charge in [0.15, 0.2) is 0 Å². The number of carbonyl (C=O) groups excluding carboxylic acids is 1. The van der Waals surface area contributed by atoms with E-state index in [1.54, 1.807) is 6.07 Å². The third-order valence-corrected chi connectivity index (χ3v) is 4.86. The number of carbonyl (C=O) groups is 1. The molecule has 1 N–H and O–H groups in total. The minimum absolute atomic E-state index is 0.0387. The second kappa shape index (κ2) is 7.91. The summed E-state index contributed by atoms with van der Waals surface area (Å²) in [5.41, 5.74) is 3.49. The van der Waals surface area contributed by atoms with E-state index in [1.807, 2.05) is 18.2 Å². The summed E-state index contributed by atoms with van der Waals surface area (Å²) in [6.45, 7) is 1.88. The van der Waals surface area contributed by atoms with Crippen LogP contribution < -0.4 is 10.2 Å². The molecule has 1 amide bonds. The molecule has 24 heavy (non-hydrogen) atoms. The number of hydrogen-bond acceptors (Lipinski definition) is 2. The van der Waals surface area contributed by atoms with Gasteiger partial charge in [-0.1, -0.05) is 47.5 Å². The van der Waals surface area contributed by atoms with E-state index in [2.05, 4.69) is 28.4 Å². The molecule has 1 aliphatic rings. The molecule has 3 nitrogen and oxygen atoms in total. The van der Waals surface area contributed by atoms with Crippen LogP contribution in [-0.2, 0) is 17.6 Å². The zero-order chi connectivity index (χ0) is 16.9. The van der Waals surface area contributed by atoms with E-state index in [0.717, 1.165) is 24.9 Å². The van der Waals surface area contributed by atoms with Crippen molar-refractivity contribution in [1.82, 2.24) is 5.32 Å². The van der Waals surface area contributed by atoms with Gasteiger partial charge in [0, 0.05) is 28.8 Å². The van der Waals surface area contributed by atoms with Crippen LogP contribution in [0.2, 0.25) is 10.0 Å². The Balaban J connectivity index is 1.52. The molecule has 0 saturated heterocycles. The van der Waals surface area contributed by atoms with Crippen LogP contribution in [0, 0.1) is 0 Å². The predicted molar refractivity (Wildman–Crippen MR) is 100 cm³/mol. The van der Waals surface area contributed by atoms with E-state index >= 15 is 0 Å². The molecule has 2 aromatic carbocycles. The second-order valence-corrected chi connectivity index (χ2v) is 6.83. The number of amides is 1. The fourth-order valence-corrected chi connectivity index (χ4v) is 3.57. The molecule has 2 aromatic rings. The molecule has 0 unspecified atom stereocenters. The number of para-hydroxylation sites is 1. The average molecular weight is 363 g/mol. The van der Waals surface area contributed by atoms with Crippen LogP contribution in [0.4, 0.5) is 5.69 Å². The quantitative estimate of drug-likeness (QED) is 0.867. The molecule has 126 valence electrons. The number of nitrogens with zero attached hydrogens (tertiary/aromatic N) is 1. The first-order chi connectivity index (χ1) is 11.6. The average Bonchev–Trinajstić information content (AvgIpc) is 2.57. The Bertz CT molecular complexity index is 733. The predicted octanol–water partition coefficient (Wildman–Crippen LogP) is 4.10. The van der Waals surface area contributed by atoms with Crippen molar-refractivity contribution in [3.63, 3.8) is 0 Å². The van der Waals surface area contributed by atoms with Crippen LogP contribution >= 0.6 is 23.2 Å². The van der Waals surface area contributed by atoms with Crippen molar-refractivity contribution in [2.45, 2.75) is 19.3 Å². The summed E-state index contributed by atoms with van der Waals surface area (Å²) < 4.78 is 0. The molecule has 0 aliphatic carbocycles. The summed E-state index contributed by atoms with van der Waals surface area (Å²) in [6.07, 6.45) is 2.87. The zero-order valence-corrected chi connectivity index (χ0v) is 14.9. The Labute approximate surface area is 152 Å². The molecule has 0 spiro atoms. The molecular weight excluding hydrogens is 343 g/mol. The summed E-state index contributed by atoms with van der Waals surface area (Å²) in [7, 11) is 0. The van der Waals surface area contributed by atoms with Gasteiger partial charge in [0.25, 0.3) is 0 Å². The maximum Gasteiger partial charge on any atom is 0.239 e. The number of benzene rings is 2. The number of halogens is 2. The first-order valence-corrected chi connectivity index (χ1v) is 8.92. The summed E-state index contributed by atoms with van der Waals surface area (Å²) >= 11 is 12.0. The fraction of sp³-hybridized carbons (Fsp3) is 0.316. The van der Waals surface area contributed by atoms with Crippen LogP contribution in [-0.4, -0.2) is 25.5 Å². The van der Waals surface area contributed by atoms with Gasteiger partial charge < -0.3 is 10.2 Å². The van der Waals surface area contributed by atoms with E-state index in [0.29, 0.717) is 29.6 Å². The second-order valence-electron chi connectivity index (χ2n) is 5.99. The van der Waals surface area contributed by atoms with Crippen molar-refractivity contribution in [1.29, 1.82) is 0 Å². The molecule has 0 bridgehead atoms. The van der Waals surface area contributed by atoms with E-state index in [1.165, 1.54) is 11.3 Å². The van der Waals surface area contributed by atoms with Gasteiger partial charge in [0.1, 0.15) is 0 Å². The minimum atomic E-state index is 0.0387. The highest BCUT2D eigenvalue weighted by molar-refractivity contribution is 6.35. The van der Waals surface area contributed by atoms with E-state index in [-0.39, 0.29) is 5.91 Å². The van der Waals surface area contributed by atoms with Crippen molar-refractivity contribution in [2.24, 2.45) is 0 Å². The fourth-order valence-electron chi connectivity index (χ4n) is 3.07. The van der Waals surface area contributed by atoms with Crippen molar-refractivity contribution < 1.29 is 4.79 Å². The SMILES string of the molecule is O=C(CN1CCCc2ccccc21)NCCc1ccc(Cl)cc1Cl. The van der Waals surface area contributed by atoms with Crippen molar-refractivity contribution in [3.8, 4) is 0 Å². The van der Waals surface area contributed by atoms with Gasteiger partial charge in [0.2, 0.25) is 5.91 Å². The molecule has 0 radical (unpaired) electrons. The van der Waals surface area contributed by atoms with Gasteiger partial charge in [-0.25, -0.2) is 0 Å². The molecular formula is C19H20Cl2N2O. The molecule has 0 fully saturated rings. The third kappa shape index (κ3) is 4.22. The highest BCUT2D eigenvalue weighted by atomic mass is 35.5. The van der Waals surface area contributed by atoms with Gasteiger partial charge >= 0.3 is 0 Å². The highest BCUT2D eigenvalue weighted by Gasteiger charge is 2.18. The molecule has 5 heteroatoms. The van der Waals surface area contributed by atoms with E-state index < -0.39 is 0 Å². The monoisotopic (exact) mass is 362 g/mol. The number of hydrogen-bond donors (Lipinski definition) is 1. The Kier molecular flexibility index (Phi) is 5.64.